The Morgan fingerprint density at radius 2 is 1.42 bits per heavy atom. The fourth-order valence-corrected chi connectivity index (χ4v) is 3.29. The van der Waals surface area contributed by atoms with Gasteiger partial charge in [-0.3, -0.25) is 4.79 Å². The molecule has 1 heterocycles. The maximum atomic E-state index is 12.6. The molecular weight excluding hydrogens is 244 g/mol. The highest BCUT2D eigenvalue weighted by atomic mass is 16.7. The summed E-state index contributed by atoms with van der Waals surface area (Å²) in [5.74, 6) is -0.0966. The molecule has 1 aliphatic heterocycles. The highest BCUT2D eigenvalue weighted by molar-refractivity contribution is 5.85. The molecule has 5 nitrogen and oxygen atoms in total. The van der Waals surface area contributed by atoms with Crippen molar-refractivity contribution in [2.45, 2.75) is 18.6 Å². The van der Waals surface area contributed by atoms with Gasteiger partial charge in [0, 0.05) is 37.8 Å². The van der Waals surface area contributed by atoms with E-state index >= 15 is 0 Å². The van der Waals surface area contributed by atoms with Crippen molar-refractivity contribution in [1.82, 2.24) is 9.80 Å². The lowest BCUT2D eigenvalue weighted by Crippen LogP contribution is -2.50. The predicted molar refractivity (Wildman–Crippen MR) is 73.0 cm³/mol. The van der Waals surface area contributed by atoms with Crippen LogP contribution in [0, 0.1) is 11.8 Å². The lowest BCUT2D eigenvalue weighted by molar-refractivity contribution is -0.200. The Morgan fingerprint density at radius 3 is 1.79 bits per heavy atom. The van der Waals surface area contributed by atoms with Crippen molar-refractivity contribution in [2.24, 2.45) is 11.8 Å². The van der Waals surface area contributed by atoms with Gasteiger partial charge in [-0.2, -0.15) is 0 Å². The summed E-state index contributed by atoms with van der Waals surface area (Å²) in [4.78, 5) is 16.7. The molecule has 1 saturated carbocycles. The zero-order valence-electron chi connectivity index (χ0n) is 12.5. The number of ketones is 1. The van der Waals surface area contributed by atoms with Crippen LogP contribution in [0.25, 0.3) is 0 Å². The first kappa shape index (κ1) is 14.9. The minimum absolute atomic E-state index is 0.0202. The van der Waals surface area contributed by atoms with Gasteiger partial charge in [0.15, 0.2) is 5.79 Å². The topological polar surface area (TPSA) is 42.0 Å². The van der Waals surface area contributed by atoms with Gasteiger partial charge < -0.3 is 19.3 Å². The van der Waals surface area contributed by atoms with Gasteiger partial charge >= 0.3 is 0 Å². The van der Waals surface area contributed by atoms with Crippen LogP contribution in [-0.2, 0) is 14.3 Å². The van der Waals surface area contributed by atoms with Crippen molar-refractivity contribution >= 4 is 5.78 Å². The second-order valence-electron chi connectivity index (χ2n) is 6.34. The average molecular weight is 270 g/mol. The minimum atomic E-state index is -0.505. The molecule has 0 bridgehead atoms. The summed E-state index contributed by atoms with van der Waals surface area (Å²) in [5, 5.41) is 0. The molecule has 2 fully saturated rings. The summed E-state index contributed by atoms with van der Waals surface area (Å²) in [7, 11) is 8.02. The fraction of sp³-hybridized carbons (Fsp3) is 0.929. The van der Waals surface area contributed by atoms with Gasteiger partial charge in [0.1, 0.15) is 5.78 Å². The fourth-order valence-electron chi connectivity index (χ4n) is 3.29. The second kappa shape index (κ2) is 5.87. The highest BCUT2D eigenvalue weighted by Crippen LogP contribution is 2.40. The first-order valence-electron chi connectivity index (χ1n) is 7.03. The van der Waals surface area contributed by atoms with E-state index in [1.54, 1.807) is 0 Å². The Bertz CT molecular complexity index is 301. The van der Waals surface area contributed by atoms with Crippen LogP contribution in [0.1, 0.15) is 12.8 Å². The highest BCUT2D eigenvalue weighted by Gasteiger charge is 2.49. The van der Waals surface area contributed by atoms with Crippen molar-refractivity contribution in [3.05, 3.63) is 0 Å². The molecule has 0 unspecified atom stereocenters. The van der Waals surface area contributed by atoms with Gasteiger partial charge in [-0.15, -0.1) is 0 Å². The van der Waals surface area contributed by atoms with E-state index in [0.29, 0.717) is 31.8 Å². The van der Waals surface area contributed by atoms with Crippen molar-refractivity contribution in [3.63, 3.8) is 0 Å². The van der Waals surface area contributed by atoms with Crippen molar-refractivity contribution in [1.29, 1.82) is 0 Å². The number of carbonyl (C=O) groups is 1. The molecule has 5 heteroatoms. The number of rotatable bonds is 4. The number of carbonyl (C=O) groups excluding carboxylic acids is 1. The third-order valence-corrected chi connectivity index (χ3v) is 3.90. The lowest BCUT2D eigenvalue weighted by atomic mass is 9.76. The van der Waals surface area contributed by atoms with Crippen LogP contribution in [0.3, 0.4) is 0 Å². The largest absolute Gasteiger partial charge is 0.347 e. The van der Waals surface area contributed by atoms with Crippen molar-refractivity contribution < 1.29 is 14.3 Å². The van der Waals surface area contributed by atoms with Crippen molar-refractivity contribution in [2.75, 3.05) is 54.5 Å². The van der Waals surface area contributed by atoms with E-state index in [0.717, 1.165) is 13.1 Å². The average Bonchev–Trinajstić information content (AvgIpc) is 2.72. The molecule has 0 aromatic carbocycles. The first-order valence-corrected chi connectivity index (χ1v) is 7.03. The number of ether oxygens (including phenoxy) is 2. The maximum absolute atomic E-state index is 12.6. The Hall–Kier alpha value is -0.490. The molecule has 1 spiro atoms. The van der Waals surface area contributed by atoms with Crippen LogP contribution in [0.15, 0.2) is 0 Å². The Balaban J connectivity index is 2.12. The molecule has 110 valence electrons. The maximum Gasteiger partial charge on any atom is 0.169 e. The molecule has 0 amide bonds. The second-order valence-corrected chi connectivity index (χ2v) is 6.34. The minimum Gasteiger partial charge on any atom is -0.347 e. The lowest BCUT2D eigenvalue weighted by Gasteiger charge is -2.41. The summed E-state index contributed by atoms with van der Waals surface area (Å²) in [6, 6.07) is 0. The zero-order chi connectivity index (χ0) is 14.0. The van der Waals surface area contributed by atoms with Crippen LogP contribution >= 0.6 is 0 Å². The van der Waals surface area contributed by atoms with Crippen molar-refractivity contribution in [3.8, 4) is 0 Å². The Labute approximate surface area is 115 Å². The molecule has 1 saturated heterocycles. The summed E-state index contributed by atoms with van der Waals surface area (Å²) in [6.45, 7) is 2.85. The summed E-state index contributed by atoms with van der Waals surface area (Å²) < 4.78 is 11.7. The third kappa shape index (κ3) is 3.54. The first-order chi connectivity index (χ1) is 8.92. The third-order valence-electron chi connectivity index (χ3n) is 3.90. The monoisotopic (exact) mass is 270 g/mol. The Kier molecular flexibility index (Phi) is 4.61. The quantitative estimate of drug-likeness (QED) is 0.742. The molecule has 2 atom stereocenters. The molecule has 0 aromatic heterocycles. The molecule has 0 aromatic rings. The SMILES string of the molecule is CN(C)C[C@H]1CC2(C[C@H](CN(C)C)C1=O)OCCO2. The van der Waals surface area contributed by atoms with Crippen LogP contribution in [-0.4, -0.2) is 75.9 Å². The molecule has 2 rings (SSSR count). The molecule has 19 heavy (non-hydrogen) atoms. The number of hydrogen-bond donors (Lipinski definition) is 0. The van der Waals surface area contributed by atoms with Gasteiger partial charge in [-0.05, 0) is 28.2 Å². The smallest absolute Gasteiger partial charge is 0.169 e. The standard InChI is InChI=1S/C14H26N2O3/c1-15(2)9-11-7-14(18-5-6-19-14)8-12(13(11)17)10-16(3)4/h11-12H,5-10H2,1-4H3/t11-,12-/m1/s1. The van der Waals surface area contributed by atoms with Gasteiger partial charge in [-0.25, -0.2) is 0 Å². The van der Waals surface area contributed by atoms with Gasteiger partial charge in [0.05, 0.1) is 13.2 Å². The van der Waals surface area contributed by atoms with E-state index in [1.807, 2.05) is 28.2 Å². The molecule has 2 aliphatic rings. The van der Waals surface area contributed by atoms with Gasteiger partial charge in [0.2, 0.25) is 0 Å². The zero-order valence-corrected chi connectivity index (χ0v) is 12.5. The number of hydrogen-bond acceptors (Lipinski definition) is 5. The van der Waals surface area contributed by atoms with Crippen LogP contribution in [0.2, 0.25) is 0 Å². The Morgan fingerprint density at radius 1 is 1.00 bits per heavy atom. The van der Waals surface area contributed by atoms with Crippen LogP contribution < -0.4 is 0 Å². The van der Waals surface area contributed by atoms with E-state index < -0.39 is 5.79 Å². The van der Waals surface area contributed by atoms with Gasteiger partial charge in [0.25, 0.3) is 0 Å². The molecule has 1 aliphatic carbocycles. The summed E-state index contributed by atoms with van der Waals surface area (Å²) in [5.41, 5.74) is 0. The van der Waals surface area contributed by atoms with Crippen LogP contribution in [0.5, 0.6) is 0 Å². The normalized spacial score (nSPS) is 30.7. The van der Waals surface area contributed by atoms with E-state index in [4.69, 9.17) is 9.47 Å². The molecule has 0 radical (unpaired) electrons. The van der Waals surface area contributed by atoms with E-state index in [9.17, 15) is 4.79 Å². The number of Topliss-reactive ketones (excluding diaryl/α,β-unsaturated/α-hetero) is 1. The summed E-state index contributed by atoms with van der Waals surface area (Å²) >= 11 is 0. The van der Waals surface area contributed by atoms with E-state index in [1.165, 1.54) is 0 Å². The predicted octanol–water partition coefficient (Wildman–Crippen LogP) is 0.448. The van der Waals surface area contributed by atoms with Gasteiger partial charge in [-0.1, -0.05) is 0 Å². The number of nitrogens with zero attached hydrogens (tertiary/aromatic N) is 2. The molecular formula is C14H26N2O3. The van der Waals surface area contributed by atoms with E-state index in [2.05, 4.69) is 9.80 Å². The van der Waals surface area contributed by atoms with Crippen LogP contribution in [0.4, 0.5) is 0 Å². The molecule has 0 N–H and O–H groups in total. The summed E-state index contributed by atoms with van der Waals surface area (Å²) in [6.07, 6.45) is 1.40. The van der Waals surface area contributed by atoms with E-state index in [-0.39, 0.29) is 11.8 Å².